The summed E-state index contributed by atoms with van der Waals surface area (Å²) in [6.07, 6.45) is 0. The second-order valence-electron chi connectivity index (χ2n) is 7.91. The van der Waals surface area contributed by atoms with Crippen molar-refractivity contribution < 1.29 is 0 Å². The Hall–Kier alpha value is -1.63. The van der Waals surface area contributed by atoms with Gasteiger partial charge in [0.05, 0.1) is 5.69 Å². The minimum absolute atomic E-state index is 0.0633. The van der Waals surface area contributed by atoms with E-state index in [0.29, 0.717) is 0 Å². The Kier molecular flexibility index (Phi) is 3.97. The normalized spacial score (nSPS) is 12.5. The Labute approximate surface area is 129 Å². The van der Waals surface area contributed by atoms with Gasteiger partial charge in [-0.3, -0.25) is 4.98 Å². The van der Waals surface area contributed by atoms with E-state index >= 15 is 0 Å². The molecule has 2 aromatic rings. The van der Waals surface area contributed by atoms with Crippen LogP contribution in [0.25, 0.3) is 11.3 Å². The first-order valence-electron chi connectivity index (χ1n) is 7.69. The first-order chi connectivity index (χ1) is 9.60. The molecule has 0 aliphatic heterocycles. The van der Waals surface area contributed by atoms with Gasteiger partial charge in [-0.15, -0.1) is 0 Å². The van der Waals surface area contributed by atoms with Gasteiger partial charge in [-0.2, -0.15) is 0 Å². The maximum atomic E-state index is 5.04. The van der Waals surface area contributed by atoms with Crippen LogP contribution in [0.2, 0.25) is 0 Å². The highest BCUT2D eigenvalue weighted by atomic mass is 14.7. The Balaban J connectivity index is 2.74. The first-order valence-corrected chi connectivity index (χ1v) is 7.69. The Morgan fingerprint density at radius 1 is 0.762 bits per heavy atom. The summed E-state index contributed by atoms with van der Waals surface area (Å²) in [7, 11) is 0. The molecule has 0 N–H and O–H groups in total. The number of aromatic nitrogens is 1. The van der Waals surface area contributed by atoms with Crippen molar-refractivity contribution in [2.24, 2.45) is 0 Å². The van der Waals surface area contributed by atoms with Crippen molar-refractivity contribution in [1.82, 2.24) is 4.98 Å². The molecule has 0 aliphatic rings. The SMILES string of the molecule is Cc1ccccc1-c1nc(C(C)(C)C)ccc1C(C)(C)C. The first kappa shape index (κ1) is 15.8. The van der Waals surface area contributed by atoms with E-state index in [4.69, 9.17) is 4.98 Å². The predicted molar refractivity (Wildman–Crippen MR) is 91.8 cm³/mol. The third kappa shape index (κ3) is 3.34. The number of hydrogen-bond donors (Lipinski definition) is 0. The Bertz CT molecular complexity index is 640. The highest BCUT2D eigenvalue weighted by Crippen LogP contribution is 2.35. The van der Waals surface area contributed by atoms with E-state index < -0.39 is 0 Å². The molecule has 1 aromatic heterocycles. The lowest BCUT2D eigenvalue weighted by Gasteiger charge is -2.26. The van der Waals surface area contributed by atoms with E-state index in [1.54, 1.807) is 0 Å². The van der Waals surface area contributed by atoms with Crippen molar-refractivity contribution in [3.63, 3.8) is 0 Å². The standard InChI is InChI=1S/C20H27N/c1-14-10-8-9-11-15(14)18-16(19(2,3)4)12-13-17(21-18)20(5,6)7/h8-13H,1-7H3. The lowest BCUT2D eigenvalue weighted by molar-refractivity contribution is 0.558. The third-order valence-electron chi connectivity index (χ3n) is 3.87. The van der Waals surface area contributed by atoms with Crippen molar-refractivity contribution in [3.05, 3.63) is 53.2 Å². The summed E-state index contributed by atoms with van der Waals surface area (Å²) in [4.78, 5) is 5.04. The molecule has 0 saturated carbocycles. The second kappa shape index (κ2) is 5.29. The fraction of sp³-hybridized carbons (Fsp3) is 0.450. The maximum Gasteiger partial charge on any atom is 0.0745 e. The van der Waals surface area contributed by atoms with E-state index in [0.717, 1.165) is 11.4 Å². The zero-order chi connectivity index (χ0) is 15.8. The van der Waals surface area contributed by atoms with Gasteiger partial charge < -0.3 is 0 Å². The summed E-state index contributed by atoms with van der Waals surface area (Å²) in [5.41, 5.74) is 6.26. The molecule has 1 nitrogen and oxygen atoms in total. The minimum Gasteiger partial charge on any atom is -0.252 e. The van der Waals surface area contributed by atoms with Crippen LogP contribution in [-0.2, 0) is 10.8 Å². The third-order valence-corrected chi connectivity index (χ3v) is 3.87. The molecule has 0 atom stereocenters. The number of rotatable bonds is 1. The summed E-state index contributed by atoms with van der Waals surface area (Å²) in [5, 5.41) is 0. The molecule has 0 bridgehead atoms. The van der Waals surface area contributed by atoms with Gasteiger partial charge in [0, 0.05) is 16.7 Å². The zero-order valence-corrected chi connectivity index (χ0v) is 14.4. The summed E-state index contributed by atoms with van der Waals surface area (Å²) in [6, 6.07) is 13.0. The van der Waals surface area contributed by atoms with Gasteiger partial charge in [0.2, 0.25) is 0 Å². The molecule has 1 heteroatoms. The van der Waals surface area contributed by atoms with Crippen molar-refractivity contribution in [3.8, 4) is 11.3 Å². The molecule has 21 heavy (non-hydrogen) atoms. The lowest BCUT2D eigenvalue weighted by Crippen LogP contribution is -2.18. The molecular weight excluding hydrogens is 254 g/mol. The highest BCUT2D eigenvalue weighted by molar-refractivity contribution is 5.68. The van der Waals surface area contributed by atoms with Crippen LogP contribution in [0, 0.1) is 6.92 Å². The fourth-order valence-electron chi connectivity index (χ4n) is 2.53. The minimum atomic E-state index is 0.0633. The van der Waals surface area contributed by atoms with Crippen molar-refractivity contribution in [1.29, 1.82) is 0 Å². The van der Waals surface area contributed by atoms with Gasteiger partial charge in [0.1, 0.15) is 0 Å². The van der Waals surface area contributed by atoms with Crippen LogP contribution in [0.15, 0.2) is 36.4 Å². The summed E-state index contributed by atoms with van der Waals surface area (Å²) < 4.78 is 0. The van der Waals surface area contributed by atoms with Crippen LogP contribution in [0.4, 0.5) is 0 Å². The fourth-order valence-corrected chi connectivity index (χ4v) is 2.53. The van der Waals surface area contributed by atoms with Gasteiger partial charge in [-0.05, 0) is 29.5 Å². The number of pyridine rings is 1. The summed E-state index contributed by atoms with van der Waals surface area (Å²) in [6.45, 7) is 15.6. The molecule has 0 unspecified atom stereocenters. The van der Waals surface area contributed by atoms with Gasteiger partial charge in [-0.1, -0.05) is 71.9 Å². The number of aryl methyl sites for hydroxylation is 1. The molecule has 2 rings (SSSR count). The van der Waals surface area contributed by atoms with Crippen LogP contribution in [-0.4, -0.2) is 4.98 Å². The predicted octanol–water partition coefficient (Wildman–Crippen LogP) is 5.65. The van der Waals surface area contributed by atoms with Gasteiger partial charge in [0.15, 0.2) is 0 Å². The van der Waals surface area contributed by atoms with Crippen LogP contribution in [0.1, 0.15) is 58.4 Å². The van der Waals surface area contributed by atoms with E-state index in [9.17, 15) is 0 Å². The van der Waals surface area contributed by atoms with Crippen molar-refractivity contribution >= 4 is 0 Å². The molecule has 1 heterocycles. The van der Waals surface area contributed by atoms with Crippen LogP contribution in [0.5, 0.6) is 0 Å². The smallest absolute Gasteiger partial charge is 0.0745 e. The van der Waals surface area contributed by atoms with Gasteiger partial charge in [-0.25, -0.2) is 0 Å². The van der Waals surface area contributed by atoms with Crippen molar-refractivity contribution in [2.75, 3.05) is 0 Å². The van der Waals surface area contributed by atoms with Crippen LogP contribution < -0.4 is 0 Å². The molecule has 0 fully saturated rings. The summed E-state index contributed by atoms with van der Waals surface area (Å²) >= 11 is 0. The molecule has 0 spiro atoms. The van der Waals surface area contributed by atoms with Crippen LogP contribution >= 0.6 is 0 Å². The highest BCUT2D eigenvalue weighted by Gasteiger charge is 2.24. The van der Waals surface area contributed by atoms with Crippen LogP contribution in [0.3, 0.4) is 0 Å². The number of hydrogen-bond acceptors (Lipinski definition) is 1. The molecule has 1 aromatic carbocycles. The summed E-state index contributed by atoms with van der Waals surface area (Å²) in [5.74, 6) is 0. The average molecular weight is 281 g/mol. The average Bonchev–Trinajstić information content (AvgIpc) is 2.36. The van der Waals surface area contributed by atoms with E-state index in [2.05, 4.69) is 84.9 Å². The molecular formula is C20H27N. The Morgan fingerprint density at radius 3 is 1.90 bits per heavy atom. The quantitative estimate of drug-likeness (QED) is 0.658. The number of benzene rings is 1. The topological polar surface area (TPSA) is 12.9 Å². The number of nitrogens with zero attached hydrogens (tertiary/aromatic N) is 1. The lowest BCUT2D eigenvalue weighted by atomic mass is 9.82. The largest absolute Gasteiger partial charge is 0.252 e. The van der Waals surface area contributed by atoms with E-state index in [-0.39, 0.29) is 10.8 Å². The van der Waals surface area contributed by atoms with Crippen molar-refractivity contribution in [2.45, 2.75) is 59.3 Å². The second-order valence-corrected chi connectivity index (χ2v) is 7.91. The van der Waals surface area contributed by atoms with Gasteiger partial charge in [0.25, 0.3) is 0 Å². The molecule has 0 saturated heterocycles. The van der Waals surface area contributed by atoms with E-state index in [1.165, 1.54) is 16.7 Å². The zero-order valence-electron chi connectivity index (χ0n) is 14.4. The molecule has 0 radical (unpaired) electrons. The van der Waals surface area contributed by atoms with E-state index in [1.807, 2.05) is 0 Å². The Morgan fingerprint density at radius 2 is 1.38 bits per heavy atom. The maximum absolute atomic E-state index is 5.04. The monoisotopic (exact) mass is 281 g/mol. The van der Waals surface area contributed by atoms with Gasteiger partial charge >= 0.3 is 0 Å². The molecule has 0 amide bonds. The molecule has 0 aliphatic carbocycles. The molecule has 112 valence electrons.